The van der Waals surface area contributed by atoms with Crippen LogP contribution in [0.5, 0.6) is 5.75 Å². The van der Waals surface area contributed by atoms with Gasteiger partial charge in [0.15, 0.2) is 0 Å². The van der Waals surface area contributed by atoms with Crippen molar-refractivity contribution in [1.29, 1.82) is 0 Å². The summed E-state index contributed by atoms with van der Waals surface area (Å²) in [6, 6.07) is 7.83. The summed E-state index contributed by atoms with van der Waals surface area (Å²) in [5, 5.41) is 2.72. The zero-order valence-corrected chi connectivity index (χ0v) is 11.8. The summed E-state index contributed by atoms with van der Waals surface area (Å²) in [5.74, 6) is 0.870. The summed E-state index contributed by atoms with van der Waals surface area (Å²) in [7, 11) is 0. The van der Waals surface area contributed by atoms with E-state index in [0.29, 0.717) is 32.5 Å². The minimum absolute atomic E-state index is 0.0293. The smallest absolute Gasteiger partial charge is 0.220 e. The van der Waals surface area contributed by atoms with Crippen LogP contribution >= 0.6 is 22.6 Å². The fourth-order valence-electron chi connectivity index (χ4n) is 1.25. The predicted molar refractivity (Wildman–Crippen MR) is 76.0 cm³/mol. The Morgan fingerprint density at radius 2 is 2.06 bits per heavy atom. The molecule has 0 aliphatic carbocycles. The van der Waals surface area contributed by atoms with Crippen LogP contribution in [0.2, 0.25) is 0 Å². The highest BCUT2D eigenvalue weighted by atomic mass is 127. The van der Waals surface area contributed by atoms with Gasteiger partial charge in [0.2, 0.25) is 5.91 Å². The van der Waals surface area contributed by atoms with Crippen molar-refractivity contribution in [2.45, 2.75) is 12.8 Å². The SMILES string of the molecule is NCCNC(=O)CCCOc1ccc(I)cc1. The number of nitrogens with one attached hydrogen (secondary N) is 1. The fraction of sp³-hybridized carbons (Fsp3) is 0.417. The van der Waals surface area contributed by atoms with E-state index >= 15 is 0 Å². The van der Waals surface area contributed by atoms with Crippen molar-refractivity contribution in [2.24, 2.45) is 5.73 Å². The van der Waals surface area contributed by atoms with Crippen LogP contribution in [0.15, 0.2) is 24.3 Å². The van der Waals surface area contributed by atoms with Gasteiger partial charge in [-0.2, -0.15) is 0 Å². The van der Waals surface area contributed by atoms with Gasteiger partial charge in [-0.15, -0.1) is 0 Å². The molecule has 0 heterocycles. The number of hydrogen-bond donors (Lipinski definition) is 2. The lowest BCUT2D eigenvalue weighted by atomic mass is 10.3. The monoisotopic (exact) mass is 348 g/mol. The first-order chi connectivity index (χ1) is 8.22. The molecule has 3 N–H and O–H groups in total. The molecule has 0 atom stereocenters. The Labute approximate surface area is 115 Å². The first-order valence-corrected chi connectivity index (χ1v) is 6.65. The molecule has 0 radical (unpaired) electrons. The highest BCUT2D eigenvalue weighted by molar-refractivity contribution is 14.1. The minimum atomic E-state index is 0.0293. The van der Waals surface area contributed by atoms with Gasteiger partial charge in [0.1, 0.15) is 5.75 Å². The molecule has 1 aromatic carbocycles. The zero-order chi connectivity index (χ0) is 12.5. The number of halogens is 1. The third kappa shape index (κ3) is 6.48. The second kappa shape index (κ2) is 8.30. The highest BCUT2D eigenvalue weighted by Gasteiger charge is 2.00. The Kier molecular flexibility index (Phi) is 6.95. The topological polar surface area (TPSA) is 64.3 Å². The van der Waals surface area contributed by atoms with Gasteiger partial charge < -0.3 is 15.8 Å². The van der Waals surface area contributed by atoms with Crippen LogP contribution in [0, 0.1) is 3.57 Å². The molecule has 0 spiro atoms. The summed E-state index contributed by atoms with van der Waals surface area (Å²) >= 11 is 2.24. The summed E-state index contributed by atoms with van der Waals surface area (Å²) in [6.45, 7) is 1.57. The average molecular weight is 348 g/mol. The molecule has 0 aliphatic rings. The van der Waals surface area contributed by atoms with E-state index in [1.165, 1.54) is 3.57 Å². The van der Waals surface area contributed by atoms with Gasteiger partial charge in [-0.1, -0.05) is 0 Å². The molecule has 1 aromatic rings. The Morgan fingerprint density at radius 1 is 1.35 bits per heavy atom. The maximum atomic E-state index is 11.2. The van der Waals surface area contributed by atoms with Crippen LogP contribution in [0.1, 0.15) is 12.8 Å². The molecule has 0 saturated carbocycles. The molecule has 0 fully saturated rings. The summed E-state index contributed by atoms with van der Waals surface area (Å²) in [4.78, 5) is 11.2. The number of rotatable bonds is 7. The van der Waals surface area contributed by atoms with Gasteiger partial charge in [-0.05, 0) is 53.3 Å². The van der Waals surface area contributed by atoms with Crippen LogP contribution in [-0.4, -0.2) is 25.6 Å². The number of carbonyl (C=O) groups is 1. The number of ether oxygens (including phenoxy) is 1. The first kappa shape index (κ1) is 14.2. The van der Waals surface area contributed by atoms with Crippen molar-refractivity contribution >= 4 is 28.5 Å². The van der Waals surface area contributed by atoms with Crippen molar-refractivity contribution in [3.8, 4) is 5.75 Å². The van der Waals surface area contributed by atoms with E-state index < -0.39 is 0 Å². The Morgan fingerprint density at radius 3 is 2.71 bits per heavy atom. The van der Waals surface area contributed by atoms with E-state index in [1.54, 1.807) is 0 Å². The number of amides is 1. The third-order valence-electron chi connectivity index (χ3n) is 2.10. The van der Waals surface area contributed by atoms with E-state index in [-0.39, 0.29) is 5.91 Å². The largest absolute Gasteiger partial charge is 0.494 e. The van der Waals surface area contributed by atoms with Gasteiger partial charge in [0, 0.05) is 23.1 Å². The maximum absolute atomic E-state index is 11.2. The third-order valence-corrected chi connectivity index (χ3v) is 2.82. The lowest BCUT2D eigenvalue weighted by molar-refractivity contribution is -0.121. The predicted octanol–water partition coefficient (Wildman–Crippen LogP) is 1.53. The second-order valence-electron chi connectivity index (χ2n) is 3.54. The first-order valence-electron chi connectivity index (χ1n) is 5.57. The van der Waals surface area contributed by atoms with Crippen molar-refractivity contribution < 1.29 is 9.53 Å². The molecule has 0 bridgehead atoms. The molecule has 0 saturated heterocycles. The van der Waals surface area contributed by atoms with Crippen LogP contribution in [0.3, 0.4) is 0 Å². The minimum Gasteiger partial charge on any atom is -0.494 e. The Bertz CT molecular complexity index is 341. The van der Waals surface area contributed by atoms with E-state index in [0.717, 1.165) is 5.75 Å². The highest BCUT2D eigenvalue weighted by Crippen LogP contribution is 2.13. The van der Waals surface area contributed by atoms with E-state index in [2.05, 4.69) is 27.9 Å². The normalized spacial score (nSPS) is 10.0. The van der Waals surface area contributed by atoms with Gasteiger partial charge in [0.05, 0.1) is 6.61 Å². The van der Waals surface area contributed by atoms with Crippen molar-refractivity contribution in [1.82, 2.24) is 5.32 Å². The van der Waals surface area contributed by atoms with Crippen LogP contribution in [0.4, 0.5) is 0 Å². The lowest BCUT2D eigenvalue weighted by Crippen LogP contribution is -2.29. The Balaban J connectivity index is 2.11. The number of nitrogens with two attached hydrogens (primary N) is 1. The molecular formula is C12H17IN2O2. The molecule has 0 unspecified atom stereocenters. The zero-order valence-electron chi connectivity index (χ0n) is 9.62. The van der Waals surface area contributed by atoms with E-state index in [9.17, 15) is 4.79 Å². The molecule has 0 aromatic heterocycles. The molecule has 5 heteroatoms. The Hall–Kier alpha value is -0.820. The molecule has 17 heavy (non-hydrogen) atoms. The summed E-state index contributed by atoms with van der Waals surface area (Å²) < 4.78 is 6.68. The van der Waals surface area contributed by atoms with Gasteiger partial charge >= 0.3 is 0 Å². The number of hydrogen-bond acceptors (Lipinski definition) is 3. The fourth-order valence-corrected chi connectivity index (χ4v) is 1.61. The van der Waals surface area contributed by atoms with Crippen LogP contribution < -0.4 is 15.8 Å². The van der Waals surface area contributed by atoms with Crippen molar-refractivity contribution in [3.63, 3.8) is 0 Å². The van der Waals surface area contributed by atoms with Crippen molar-refractivity contribution in [2.75, 3.05) is 19.7 Å². The van der Waals surface area contributed by atoms with E-state index in [4.69, 9.17) is 10.5 Å². The molecule has 0 aliphatic heterocycles. The average Bonchev–Trinajstić information content (AvgIpc) is 2.34. The summed E-state index contributed by atoms with van der Waals surface area (Å²) in [6.07, 6.45) is 1.19. The summed E-state index contributed by atoms with van der Waals surface area (Å²) in [5.41, 5.74) is 5.28. The van der Waals surface area contributed by atoms with Crippen LogP contribution in [0.25, 0.3) is 0 Å². The lowest BCUT2D eigenvalue weighted by Gasteiger charge is -2.06. The van der Waals surface area contributed by atoms with Gasteiger partial charge in [-0.3, -0.25) is 4.79 Å². The van der Waals surface area contributed by atoms with Crippen LogP contribution in [-0.2, 0) is 4.79 Å². The van der Waals surface area contributed by atoms with Gasteiger partial charge in [-0.25, -0.2) is 0 Å². The molecule has 4 nitrogen and oxygen atoms in total. The van der Waals surface area contributed by atoms with Gasteiger partial charge in [0.25, 0.3) is 0 Å². The molecular weight excluding hydrogens is 331 g/mol. The number of benzene rings is 1. The second-order valence-corrected chi connectivity index (χ2v) is 4.79. The quantitative estimate of drug-likeness (QED) is 0.580. The molecule has 94 valence electrons. The maximum Gasteiger partial charge on any atom is 0.220 e. The number of carbonyl (C=O) groups excluding carboxylic acids is 1. The molecule has 1 amide bonds. The van der Waals surface area contributed by atoms with E-state index in [1.807, 2.05) is 24.3 Å². The standard InChI is InChI=1S/C12H17IN2O2/c13-10-3-5-11(6-4-10)17-9-1-2-12(16)15-8-7-14/h3-6H,1-2,7-9,14H2,(H,15,16). The van der Waals surface area contributed by atoms with Crippen molar-refractivity contribution in [3.05, 3.63) is 27.8 Å². The molecule has 1 rings (SSSR count).